The van der Waals surface area contributed by atoms with Crippen molar-refractivity contribution in [1.29, 1.82) is 0 Å². The second kappa shape index (κ2) is 6.95. The first kappa shape index (κ1) is 19.8. The highest BCUT2D eigenvalue weighted by molar-refractivity contribution is 6.32. The van der Waals surface area contributed by atoms with Gasteiger partial charge in [0, 0.05) is 10.4 Å². The van der Waals surface area contributed by atoms with Crippen LogP contribution < -0.4 is 0 Å². The van der Waals surface area contributed by atoms with Gasteiger partial charge in [0.05, 0.1) is 6.10 Å². The number of carbonyl (C=O) groups is 1. The van der Waals surface area contributed by atoms with Crippen molar-refractivity contribution in [2.45, 2.75) is 71.3 Å². The SMILES string of the molecule is CC12CCC3C(CCC4CC(O)CCC43C)C1C/C(=C\c1ccccc1Cl)C2=O. The summed E-state index contributed by atoms with van der Waals surface area (Å²) in [6, 6.07) is 7.84. The molecule has 4 saturated carbocycles. The monoisotopic (exact) mass is 412 g/mol. The van der Waals surface area contributed by atoms with Crippen molar-refractivity contribution in [2.24, 2.45) is 34.5 Å². The summed E-state index contributed by atoms with van der Waals surface area (Å²) < 4.78 is 0. The second-order valence-corrected chi connectivity index (χ2v) is 11.2. The predicted molar refractivity (Wildman–Crippen MR) is 118 cm³/mol. The quantitative estimate of drug-likeness (QED) is 0.549. The van der Waals surface area contributed by atoms with Crippen LogP contribution in [0.1, 0.15) is 70.8 Å². The number of Topliss-reactive ketones (excluding diaryl/α,β-unsaturated/α-hetero) is 1. The van der Waals surface area contributed by atoms with E-state index in [9.17, 15) is 9.90 Å². The van der Waals surface area contributed by atoms with Gasteiger partial charge < -0.3 is 5.11 Å². The minimum Gasteiger partial charge on any atom is -0.393 e. The van der Waals surface area contributed by atoms with Gasteiger partial charge in [-0.15, -0.1) is 0 Å². The lowest BCUT2D eigenvalue weighted by atomic mass is 9.45. The second-order valence-electron chi connectivity index (χ2n) is 10.8. The van der Waals surface area contributed by atoms with E-state index in [-0.39, 0.29) is 11.5 Å². The molecule has 0 aliphatic heterocycles. The van der Waals surface area contributed by atoms with Gasteiger partial charge in [-0.05, 0) is 104 Å². The Morgan fingerprint density at radius 3 is 2.66 bits per heavy atom. The molecule has 7 atom stereocenters. The minimum absolute atomic E-state index is 0.100. The molecule has 4 aliphatic rings. The van der Waals surface area contributed by atoms with Crippen molar-refractivity contribution in [3.05, 3.63) is 40.4 Å². The first-order valence-electron chi connectivity index (χ1n) is 11.5. The van der Waals surface area contributed by atoms with Crippen LogP contribution >= 0.6 is 11.6 Å². The molecule has 0 aromatic heterocycles. The van der Waals surface area contributed by atoms with Crippen LogP contribution in [0.3, 0.4) is 0 Å². The van der Waals surface area contributed by atoms with Crippen LogP contribution in [0.4, 0.5) is 0 Å². The maximum Gasteiger partial charge on any atom is 0.165 e. The molecule has 0 heterocycles. The Kier molecular flexibility index (Phi) is 4.75. The van der Waals surface area contributed by atoms with Gasteiger partial charge >= 0.3 is 0 Å². The molecule has 4 aliphatic carbocycles. The number of hydrogen-bond acceptors (Lipinski definition) is 2. The van der Waals surface area contributed by atoms with Crippen molar-refractivity contribution >= 4 is 23.5 Å². The summed E-state index contributed by atoms with van der Waals surface area (Å²) in [5, 5.41) is 10.9. The van der Waals surface area contributed by atoms with Gasteiger partial charge in [0.1, 0.15) is 0 Å². The molecule has 1 aromatic carbocycles. The minimum atomic E-state index is -0.203. The van der Waals surface area contributed by atoms with Crippen LogP contribution in [-0.4, -0.2) is 17.0 Å². The predicted octanol–water partition coefficient (Wildman–Crippen LogP) is 6.31. The molecule has 1 aromatic rings. The fraction of sp³-hybridized carbons (Fsp3) is 0.654. The van der Waals surface area contributed by atoms with Gasteiger partial charge in [-0.1, -0.05) is 43.6 Å². The Bertz CT molecular complexity index is 860. The van der Waals surface area contributed by atoms with Crippen LogP contribution in [0.5, 0.6) is 0 Å². The molecule has 0 amide bonds. The number of benzene rings is 1. The van der Waals surface area contributed by atoms with Gasteiger partial charge in [-0.25, -0.2) is 0 Å². The smallest absolute Gasteiger partial charge is 0.165 e. The van der Waals surface area contributed by atoms with E-state index < -0.39 is 0 Å². The van der Waals surface area contributed by atoms with E-state index in [1.165, 1.54) is 19.3 Å². The molecule has 7 unspecified atom stereocenters. The molecular formula is C26H33ClO2. The fourth-order valence-electron chi connectivity index (χ4n) is 7.81. The number of fused-ring (bicyclic) bond motifs is 5. The third-order valence-electron chi connectivity index (χ3n) is 9.51. The topological polar surface area (TPSA) is 37.3 Å². The molecule has 0 saturated heterocycles. The van der Waals surface area contributed by atoms with Crippen LogP contribution in [-0.2, 0) is 4.79 Å². The Hall–Kier alpha value is -1.12. The van der Waals surface area contributed by atoms with Crippen LogP contribution in [0.15, 0.2) is 29.8 Å². The number of hydrogen-bond donors (Lipinski definition) is 1. The lowest BCUT2D eigenvalue weighted by molar-refractivity contribution is -0.141. The summed E-state index contributed by atoms with van der Waals surface area (Å²) in [6.07, 6.45) is 10.6. The summed E-state index contributed by atoms with van der Waals surface area (Å²) in [6.45, 7) is 4.74. The van der Waals surface area contributed by atoms with E-state index >= 15 is 0 Å². The summed E-state index contributed by atoms with van der Waals surface area (Å²) in [5.41, 5.74) is 2.10. The number of halogens is 1. The van der Waals surface area contributed by atoms with Crippen molar-refractivity contribution in [3.63, 3.8) is 0 Å². The van der Waals surface area contributed by atoms with E-state index in [0.717, 1.165) is 48.3 Å². The average molecular weight is 413 g/mol. The summed E-state index contributed by atoms with van der Waals surface area (Å²) >= 11 is 6.38. The maximum atomic E-state index is 13.5. The summed E-state index contributed by atoms with van der Waals surface area (Å²) in [5.74, 6) is 2.84. The van der Waals surface area contributed by atoms with Gasteiger partial charge in [0.15, 0.2) is 5.78 Å². The van der Waals surface area contributed by atoms with Crippen molar-refractivity contribution in [1.82, 2.24) is 0 Å². The highest BCUT2D eigenvalue weighted by Crippen LogP contribution is 2.66. The highest BCUT2D eigenvalue weighted by atomic mass is 35.5. The summed E-state index contributed by atoms with van der Waals surface area (Å²) in [4.78, 5) is 13.5. The molecule has 1 N–H and O–H groups in total. The number of aliphatic hydroxyl groups excluding tert-OH is 1. The molecule has 0 spiro atoms. The van der Waals surface area contributed by atoms with Crippen LogP contribution in [0, 0.1) is 34.5 Å². The normalized spacial score (nSPS) is 45.6. The Balaban J connectivity index is 1.46. The van der Waals surface area contributed by atoms with E-state index in [1.54, 1.807) is 0 Å². The van der Waals surface area contributed by atoms with Gasteiger partial charge in [-0.2, -0.15) is 0 Å². The average Bonchev–Trinajstić information content (AvgIpc) is 2.95. The first-order chi connectivity index (χ1) is 13.8. The van der Waals surface area contributed by atoms with Crippen molar-refractivity contribution in [2.75, 3.05) is 0 Å². The lowest BCUT2D eigenvalue weighted by Gasteiger charge is -2.59. The zero-order chi connectivity index (χ0) is 20.4. The van der Waals surface area contributed by atoms with E-state index in [4.69, 9.17) is 11.6 Å². The molecule has 3 heteroatoms. The number of aliphatic hydroxyl groups is 1. The Labute approximate surface area is 179 Å². The molecule has 0 bridgehead atoms. The van der Waals surface area contributed by atoms with Crippen molar-refractivity contribution in [3.8, 4) is 0 Å². The Morgan fingerprint density at radius 1 is 1.07 bits per heavy atom. The van der Waals surface area contributed by atoms with E-state index in [2.05, 4.69) is 19.9 Å². The number of ketones is 1. The van der Waals surface area contributed by atoms with Crippen LogP contribution in [0.25, 0.3) is 6.08 Å². The zero-order valence-corrected chi connectivity index (χ0v) is 18.4. The largest absolute Gasteiger partial charge is 0.393 e. The number of allylic oxidation sites excluding steroid dienone is 1. The standard InChI is InChI=1S/C26H33ClO2/c1-25-11-9-19(28)15-18(25)7-8-20-21(25)10-12-26(2)22(20)14-17(24(26)29)13-16-5-3-4-6-23(16)27/h3-6,13,18-22,28H,7-12,14-15H2,1-2H3/b17-13+. The zero-order valence-electron chi connectivity index (χ0n) is 17.7. The molecule has 2 nitrogen and oxygen atoms in total. The first-order valence-corrected chi connectivity index (χ1v) is 11.9. The highest BCUT2D eigenvalue weighted by Gasteiger charge is 2.61. The number of carbonyl (C=O) groups excluding carboxylic acids is 1. The molecular weight excluding hydrogens is 380 g/mol. The van der Waals surface area contributed by atoms with Gasteiger partial charge in [-0.3, -0.25) is 4.79 Å². The van der Waals surface area contributed by atoms with E-state index in [0.29, 0.717) is 34.9 Å². The van der Waals surface area contributed by atoms with E-state index in [1.807, 2.05) is 24.3 Å². The van der Waals surface area contributed by atoms with Gasteiger partial charge in [0.25, 0.3) is 0 Å². The fourth-order valence-corrected chi connectivity index (χ4v) is 8.01. The van der Waals surface area contributed by atoms with Gasteiger partial charge in [0.2, 0.25) is 0 Å². The maximum absolute atomic E-state index is 13.5. The molecule has 0 radical (unpaired) electrons. The van der Waals surface area contributed by atoms with Crippen LogP contribution in [0.2, 0.25) is 5.02 Å². The third-order valence-corrected chi connectivity index (χ3v) is 9.86. The molecule has 4 fully saturated rings. The van der Waals surface area contributed by atoms with Crippen molar-refractivity contribution < 1.29 is 9.90 Å². The number of rotatable bonds is 1. The molecule has 29 heavy (non-hydrogen) atoms. The summed E-state index contributed by atoms with van der Waals surface area (Å²) in [7, 11) is 0. The lowest BCUT2D eigenvalue weighted by Crippen LogP contribution is -2.54. The third kappa shape index (κ3) is 2.97. The molecule has 156 valence electrons. The molecule has 5 rings (SSSR count). The Morgan fingerprint density at radius 2 is 1.86 bits per heavy atom.